The number of carbonyl (C=O) groups is 1. The molecule has 3 heterocycles. The van der Waals surface area contributed by atoms with Crippen LogP contribution >= 0.6 is 0 Å². The van der Waals surface area contributed by atoms with Gasteiger partial charge in [0.25, 0.3) is 12.0 Å². The Morgan fingerprint density at radius 1 is 1.28 bits per heavy atom. The number of rotatable bonds is 7. The molecule has 0 bridgehead atoms. The smallest absolute Gasteiger partial charge is 0.266 e. The van der Waals surface area contributed by atoms with Crippen LogP contribution in [-0.2, 0) is 23.0 Å². The Bertz CT molecular complexity index is 1360. The van der Waals surface area contributed by atoms with Crippen molar-refractivity contribution in [3.05, 3.63) is 63.5 Å². The fourth-order valence-corrected chi connectivity index (χ4v) is 4.77. The van der Waals surface area contributed by atoms with Crippen molar-refractivity contribution in [3.8, 4) is 0 Å². The zero-order chi connectivity index (χ0) is 26.2. The number of amides is 1. The third-order valence-electron chi connectivity index (χ3n) is 6.90. The van der Waals surface area contributed by atoms with Gasteiger partial charge in [0.2, 0.25) is 5.91 Å². The molecule has 11 heteroatoms. The molecule has 1 aromatic carbocycles. The van der Waals surface area contributed by atoms with E-state index in [4.69, 9.17) is 4.74 Å². The number of anilines is 1. The first-order valence-electron chi connectivity index (χ1n) is 11.5. The summed E-state index contributed by atoms with van der Waals surface area (Å²) in [4.78, 5) is 35.2. The number of hydrogen-bond donors (Lipinski definition) is 1. The predicted octanol–water partition coefficient (Wildman–Crippen LogP) is 3.76. The summed E-state index contributed by atoms with van der Waals surface area (Å²) in [5, 5.41) is 3.60. The van der Waals surface area contributed by atoms with E-state index in [0.29, 0.717) is 41.9 Å². The van der Waals surface area contributed by atoms with E-state index >= 15 is 0 Å². The number of hydrogen-bond acceptors (Lipinski definition) is 6. The number of halogens is 3. The lowest BCUT2D eigenvalue weighted by atomic mass is 9.93. The fourth-order valence-electron chi connectivity index (χ4n) is 4.77. The summed E-state index contributed by atoms with van der Waals surface area (Å²) in [6, 6.07) is 4.85. The number of aromatic nitrogens is 3. The summed E-state index contributed by atoms with van der Waals surface area (Å²) in [5.41, 5.74) is -0.751. The molecule has 36 heavy (non-hydrogen) atoms. The second-order valence-corrected chi connectivity index (χ2v) is 9.16. The Morgan fingerprint density at radius 2 is 2.00 bits per heavy atom. The van der Waals surface area contributed by atoms with Gasteiger partial charge < -0.3 is 15.0 Å². The summed E-state index contributed by atoms with van der Waals surface area (Å²) >= 11 is 0. The number of likely N-dealkylation sites (tertiary alicyclic amines) is 1. The number of nitrogens with one attached hydrogen (secondary N) is 1. The number of benzene rings is 1. The van der Waals surface area contributed by atoms with Gasteiger partial charge in [-0.2, -0.15) is 0 Å². The predicted molar refractivity (Wildman–Crippen MR) is 128 cm³/mol. The molecule has 0 radical (unpaired) electrons. The van der Waals surface area contributed by atoms with Crippen LogP contribution in [0.25, 0.3) is 11.0 Å². The van der Waals surface area contributed by atoms with Gasteiger partial charge in [0.05, 0.1) is 29.1 Å². The molecular weight excluding hydrogens is 475 g/mol. The zero-order valence-electron chi connectivity index (χ0n) is 20.5. The van der Waals surface area contributed by atoms with E-state index in [2.05, 4.69) is 15.3 Å². The maximum Gasteiger partial charge on any atom is 0.266 e. The lowest BCUT2D eigenvalue weighted by Gasteiger charge is -2.28. The molecule has 0 spiro atoms. The van der Waals surface area contributed by atoms with Crippen LogP contribution in [0.3, 0.4) is 0 Å². The average molecular weight is 504 g/mol. The van der Waals surface area contributed by atoms with Gasteiger partial charge in [0.15, 0.2) is 0 Å². The molecule has 0 unspecified atom stereocenters. The highest BCUT2D eigenvalue weighted by Crippen LogP contribution is 2.32. The fraction of sp³-hybridized carbons (Fsp3) is 0.440. The topological polar surface area (TPSA) is 89.3 Å². The highest BCUT2D eigenvalue weighted by Gasteiger charge is 2.40. The first-order valence-corrected chi connectivity index (χ1v) is 11.5. The number of nitrogens with zero attached hydrogens (tertiary/aromatic N) is 4. The Kier molecular flexibility index (Phi) is 7.03. The molecular formula is C25H28F3N5O3. The number of aryl methyl sites for hydroxylation is 1. The van der Waals surface area contributed by atoms with E-state index in [1.54, 1.807) is 32.0 Å². The molecule has 2 aromatic heterocycles. The van der Waals surface area contributed by atoms with Crippen LogP contribution in [0.2, 0.25) is 0 Å². The highest BCUT2D eigenvalue weighted by atomic mass is 19.3. The molecule has 0 aliphatic carbocycles. The van der Waals surface area contributed by atoms with Crippen LogP contribution in [0.1, 0.15) is 49.4 Å². The van der Waals surface area contributed by atoms with E-state index in [1.807, 2.05) is 0 Å². The Balaban J connectivity index is 1.72. The van der Waals surface area contributed by atoms with Crippen molar-refractivity contribution in [1.82, 2.24) is 19.4 Å². The molecule has 1 aliphatic heterocycles. The van der Waals surface area contributed by atoms with E-state index in [1.165, 1.54) is 30.0 Å². The quantitative estimate of drug-likeness (QED) is 0.528. The molecule has 3 aromatic rings. The molecule has 192 valence electrons. The first kappa shape index (κ1) is 25.6. The molecule has 1 aliphatic rings. The minimum atomic E-state index is -2.93. The van der Waals surface area contributed by atoms with Crippen molar-refractivity contribution < 1.29 is 22.7 Å². The molecule has 1 N–H and O–H groups in total. The van der Waals surface area contributed by atoms with Crippen LogP contribution in [0.5, 0.6) is 0 Å². The third kappa shape index (κ3) is 4.67. The number of pyridine rings is 1. The van der Waals surface area contributed by atoms with E-state index < -0.39 is 29.4 Å². The van der Waals surface area contributed by atoms with Crippen molar-refractivity contribution in [2.75, 3.05) is 25.5 Å². The van der Waals surface area contributed by atoms with Crippen LogP contribution in [0.4, 0.5) is 19.0 Å². The summed E-state index contributed by atoms with van der Waals surface area (Å²) in [7, 11) is 3.16. The van der Waals surface area contributed by atoms with Crippen LogP contribution < -0.4 is 10.9 Å². The van der Waals surface area contributed by atoms with Crippen LogP contribution in [0, 0.1) is 5.82 Å². The maximum atomic E-state index is 14.7. The lowest BCUT2D eigenvalue weighted by Crippen LogP contribution is -2.40. The second-order valence-electron chi connectivity index (χ2n) is 9.16. The number of methoxy groups -OCH3 is 1. The van der Waals surface area contributed by atoms with Crippen molar-refractivity contribution in [1.29, 1.82) is 0 Å². The standard InChI is InChI=1S/C25H28F3N5O3/c1-14(17-6-5-7-18(20(17)26)21(27)28)31-22-19-10-16(24(35)32(3)23(19)30-13-29-22)11-25(36-4)8-9-33(12-25)15(2)34/h5-7,10,13-14,21H,8-9,11-12H2,1-4H3,(H,29,30,31)/t14-,25-/m1/s1. The molecule has 2 atom stereocenters. The molecule has 1 saturated heterocycles. The Hall–Kier alpha value is -3.47. The van der Waals surface area contributed by atoms with E-state index in [9.17, 15) is 22.8 Å². The highest BCUT2D eigenvalue weighted by molar-refractivity contribution is 5.87. The Morgan fingerprint density at radius 3 is 2.64 bits per heavy atom. The lowest BCUT2D eigenvalue weighted by molar-refractivity contribution is -0.129. The maximum absolute atomic E-state index is 14.7. The normalized spacial score (nSPS) is 18.7. The van der Waals surface area contributed by atoms with Crippen molar-refractivity contribution in [2.45, 2.75) is 44.8 Å². The number of carbonyl (C=O) groups excluding carboxylic acids is 1. The number of alkyl halides is 2. The van der Waals surface area contributed by atoms with Gasteiger partial charge in [-0.3, -0.25) is 14.2 Å². The average Bonchev–Trinajstić information content (AvgIpc) is 3.27. The van der Waals surface area contributed by atoms with Gasteiger partial charge in [-0.15, -0.1) is 0 Å². The zero-order valence-corrected chi connectivity index (χ0v) is 20.5. The van der Waals surface area contributed by atoms with Gasteiger partial charge in [0.1, 0.15) is 23.6 Å². The second kappa shape index (κ2) is 9.88. The van der Waals surface area contributed by atoms with Gasteiger partial charge in [0, 0.05) is 45.2 Å². The first-order chi connectivity index (χ1) is 17.1. The molecule has 4 rings (SSSR count). The summed E-state index contributed by atoms with van der Waals surface area (Å²) in [5.74, 6) is -0.705. The van der Waals surface area contributed by atoms with Crippen LogP contribution in [0.15, 0.2) is 35.4 Å². The van der Waals surface area contributed by atoms with Gasteiger partial charge >= 0.3 is 0 Å². The molecule has 8 nitrogen and oxygen atoms in total. The summed E-state index contributed by atoms with van der Waals surface area (Å²) in [6.45, 7) is 4.04. The van der Waals surface area contributed by atoms with E-state index in [-0.39, 0.29) is 23.5 Å². The van der Waals surface area contributed by atoms with Gasteiger partial charge in [-0.25, -0.2) is 23.1 Å². The third-order valence-corrected chi connectivity index (χ3v) is 6.90. The molecule has 1 fully saturated rings. The summed E-state index contributed by atoms with van der Waals surface area (Å²) in [6.07, 6.45) is -0.806. The minimum Gasteiger partial charge on any atom is -0.376 e. The molecule has 0 saturated carbocycles. The van der Waals surface area contributed by atoms with Crippen LogP contribution in [-0.4, -0.2) is 51.1 Å². The number of fused-ring (bicyclic) bond motifs is 1. The van der Waals surface area contributed by atoms with Crippen molar-refractivity contribution >= 4 is 22.8 Å². The SMILES string of the molecule is CO[C@@]1(Cc2cc3c(N[C@H](C)c4cccc(C(F)F)c4F)ncnc3n(C)c2=O)CCN(C(C)=O)C1. The van der Waals surface area contributed by atoms with Crippen molar-refractivity contribution in [3.63, 3.8) is 0 Å². The van der Waals surface area contributed by atoms with Gasteiger partial charge in [-0.1, -0.05) is 18.2 Å². The summed E-state index contributed by atoms with van der Waals surface area (Å²) < 4.78 is 48.3. The van der Waals surface area contributed by atoms with Gasteiger partial charge in [-0.05, 0) is 19.4 Å². The van der Waals surface area contributed by atoms with Crippen molar-refractivity contribution in [2.24, 2.45) is 7.05 Å². The Labute approximate surface area is 206 Å². The minimum absolute atomic E-state index is 0.0580. The van der Waals surface area contributed by atoms with E-state index in [0.717, 1.165) is 6.07 Å². The molecule has 1 amide bonds. The monoisotopic (exact) mass is 503 g/mol. The largest absolute Gasteiger partial charge is 0.376 e. The number of ether oxygens (including phenoxy) is 1.